The molecule has 5 nitrogen and oxygen atoms in total. The van der Waals surface area contributed by atoms with Crippen molar-refractivity contribution >= 4 is 11.7 Å². The van der Waals surface area contributed by atoms with Gasteiger partial charge >= 0.3 is 0 Å². The molecular weight excluding hydrogens is 194 g/mol. The van der Waals surface area contributed by atoms with Gasteiger partial charge in [-0.3, -0.25) is 4.79 Å². The first-order valence-corrected chi connectivity index (χ1v) is 5.08. The van der Waals surface area contributed by atoms with E-state index in [0.717, 1.165) is 19.4 Å². The van der Waals surface area contributed by atoms with E-state index in [2.05, 4.69) is 10.5 Å². The van der Waals surface area contributed by atoms with Gasteiger partial charge in [0.15, 0.2) is 5.84 Å². The fraction of sp³-hybridized carbons (Fsp3) is 0.600. The average molecular weight is 211 g/mol. The van der Waals surface area contributed by atoms with Crippen LogP contribution in [0, 0.1) is 5.92 Å². The smallest absolute Gasteiger partial charge is 0.228 e. The zero-order chi connectivity index (χ0) is 11.3. The number of rotatable bonds is 4. The molecule has 1 aliphatic rings. The Labute approximate surface area is 89.4 Å². The first kappa shape index (κ1) is 11.6. The largest absolute Gasteiger partial charge is 0.409 e. The molecule has 15 heavy (non-hydrogen) atoms. The highest BCUT2D eigenvalue weighted by atomic mass is 16.4. The Morgan fingerprint density at radius 2 is 2.33 bits per heavy atom. The SMILES string of the molecule is CCN(C)/C=C/C(=N\O)NC(=O)C1CC1. The average Bonchev–Trinajstić information content (AvgIpc) is 3.06. The first-order valence-electron chi connectivity index (χ1n) is 5.08. The number of hydrogen-bond acceptors (Lipinski definition) is 4. The maximum absolute atomic E-state index is 11.3. The molecule has 1 fully saturated rings. The highest BCUT2D eigenvalue weighted by Crippen LogP contribution is 2.28. The third-order valence-electron chi connectivity index (χ3n) is 2.29. The minimum atomic E-state index is -0.0633. The van der Waals surface area contributed by atoms with Crippen molar-refractivity contribution in [2.24, 2.45) is 11.1 Å². The lowest BCUT2D eigenvalue weighted by atomic mass is 10.4. The Hall–Kier alpha value is -1.52. The monoisotopic (exact) mass is 211 g/mol. The van der Waals surface area contributed by atoms with Gasteiger partial charge < -0.3 is 15.4 Å². The van der Waals surface area contributed by atoms with Gasteiger partial charge in [-0.05, 0) is 19.8 Å². The van der Waals surface area contributed by atoms with Crippen LogP contribution in [-0.2, 0) is 4.79 Å². The number of nitrogens with zero attached hydrogens (tertiary/aromatic N) is 2. The molecule has 0 atom stereocenters. The Bertz CT molecular complexity index is 282. The minimum Gasteiger partial charge on any atom is -0.409 e. The molecule has 0 aliphatic heterocycles. The second-order valence-corrected chi connectivity index (χ2v) is 3.64. The van der Waals surface area contributed by atoms with E-state index in [4.69, 9.17) is 5.21 Å². The highest BCUT2D eigenvalue weighted by molar-refractivity contribution is 6.05. The number of carbonyl (C=O) groups excluding carboxylic acids is 1. The van der Waals surface area contributed by atoms with Gasteiger partial charge in [0.2, 0.25) is 5.91 Å². The summed E-state index contributed by atoms with van der Waals surface area (Å²) in [7, 11) is 1.90. The van der Waals surface area contributed by atoms with Crippen molar-refractivity contribution in [3.63, 3.8) is 0 Å². The van der Waals surface area contributed by atoms with Crippen LogP contribution < -0.4 is 5.32 Å². The first-order chi connectivity index (χ1) is 7.17. The lowest BCUT2D eigenvalue weighted by molar-refractivity contribution is -0.120. The fourth-order valence-corrected chi connectivity index (χ4v) is 0.977. The van der Waals surface area contributed by atoms with Crippen LogP contribution in [0.5, 0.6) is 0 Å². The molecule has 84 valence electrons. The molecule has 0 heterocycles. The predicted molar refractivity (Wildman–Crippen MR) is 57.5 cm³/mol. The zero-order valence-electron chi connectivity index (χ0n) is 9.10. The van der Waals surface area contributed by atoms with E-state index in [0.29, 0.717) is 0 Å². The van der Waals surface area contributed by atoms with Crippen LogP contribution in [0.1, 0.15) is 19.8 Å². The summed E-state index contributed by atoms with van der Waals surface area (Å²) < 4.78 is 0. The van der Waals surface area contributed by atoms with E-state index in [-0.39, 0.29) is 17.7 Å². The second-order valence-electron chi connectivity index (χ2n) is 3.64. The standard InChI is InChI=1S/C10H17N3O2/c1-3-13(2)7-6-9(12-15)11-10(14)8-4-5-8/h6-8,15H,3-5H2,1-2H3,(H,11,12,14)/b7-6+. The quantitative estimate of drug-likeness (QED) is 0.312. The number of oxime groups is 1. The van der Waals surface area contributed by atoms with E-state index in [1.165, 1.54) is 0 Å². The molecule has 0 bridgehead atoms. The Morgan fingerprint density at radius 3 is 2.80 bits per heavy atom. The second kappa shape index (κ2) is 5.38. The number of hydrogen-bond donors (Lipinski definition) is 2. The van der Waals surface area contributed by atoms with Crippen molar-refractivity contribution < 1.29 is 10.0 Å². The van der Waals surface area contributed by atoms with Crippen molar-refractivity contribution in [1.29, 1.82) is 0 Å². The fourth-order valence-electron chi connectivity index (χ4n) is 0.977. The van der Waals surface area contributed by atoms with Crippen molar-refractivity contribution in [3.8, 4) is 0 Å². The third-order valence-corrected chi connectivity index (χ3v) is 2.29. The molecule has 1 rings (SSSR count). The zero-order valence-corrected chi connectivity index (χ0v) is 9.10. The minimum absolute atomic E-state index is 0.0633. The van der Waals surface area contributed by atoms with E-state index in [1.54, 1.807) is 12.3 Å². The van der Waals surface area contributed by atoms with Gasteiger partial charge in [0, 0.05) is 31.8 Å². The van der Waals surface area contributed by atoms with Crippen LogP contribution in [0.15, 0.2) is 17.4 Å². The molecule has 0 aromatic carbocycles. The molecule has 1 aliphatic carbocycles. The molecule has 0 aromatic rings. The van der Waals surface area contributed by atoms with E-state index in [9.17, 15) is 4.79 Å². The summed E-state index contributed by atoms with van der Waals surface area (Å²) in [6.45, 7) is 2.86. The van der Waals surface area contributed by atoms with E-state index < -0.39 is 0 Å². The van der Waals surface area contributed by atoms with Gasteiger partial charge in [0.25, 0.3) is 0 Å². The molecule has 0 aromatic heterocycles. The van der Waals surface area contributed by atoms with Gasteiger partial charge in [0.1, 0.15) is 0 Å². The molecule has 0 saturated heterocycles. The maximum Gasteiger partial charge on any atom is 0.228 e. The molecule has 0 radical (unpaired) electrons. The Balaban J connectivity index is 2.42. The van der Waals surface area contributed by atoms with Gasteiger partial charge in [-0.25, -0.2) is 0 Å². The molecule has 0 unspecified atom stereocenters. The van der Waals surface area contributed by atoms with Crippen molar-refractivity contribution in [1.82, 2.24) is 10.2 Å². The van der Waals surface area contributed by atoms with Gasteiger partial charge in [-0.15, -0.1) is 0 Å². The number of amides is 1. The summed E-state index contributed by atoms with van der Waals surface area (Å²) in [6, 6.07) is 0. The molecule has 1 saturated carbocycles. The van der Waals surface area contributed by atoms with Crippen molar-refractivity contribution in [2.75, 3.05) is 13.6 Å². The number of carbonyl (C=O) groups is 1. The van der Waals surface area contributed by atoms with E-state index in [1.807, 2.05) is 18.9 Å². The molecule has 2 N–H and O–H groups in total. The van der Waals surface area contributed by atoms with Crippen LogP contribution in [0.4, 0.5) is 0 Å². The lowest BCUT2D eigenvalue weighted by Gasteiger charge is -2.09. The molecule has 0 spiro atoms. The van der Waals surface area contributed by atoms with Crippen LogP contribution in [-0.4, -0.2) is 35.4 Å². The summed E-state index contributed by atoms with van der Waals surface area (Å²) in [5.41, 5.74) is 0. The number of amidine groups is 1. The summed E-state index contributed by atoms with van der Waals surface area (Å²) >= 11 is 0. The summed E-state index contributed by atoms with van der Waals surface area (Å²) in [6.07, 6.45) is 5.19. The third kappa shape index (κ3) is 4.01. The maximum atomic E-state index is 11.3. The normalized spacial score (nSPS) is 16.8. The van der Waals surface area contributed by atoms with Crippen LogP contribution in [0.2, 0.25) is 0 Å². The summed E-state index contributed by atoms with van der Waals surface area (Å²) in [4.78, 5) is 13.2. The van der Waals surface area contributed by atoms with Crippen molar-refractivity contribution in [2.45, 2.75) is 19.8 Å². The topological polar surface area (TPSA) is 64.9 Å². The van der Waals surface area contributed by atoms with Gasteiger partial charge in [-0.2, -0.15) is 0 Å². The van der Waals surface area contributed by atoms with Gasteiger partial charge in [-0.1, -0.05) is 5.16 Å². The summed E-state index contributed by atoms with van der Waals surface area (Å²) in [5.74, 6) is 0.234. The van der Waals surface area contributed by atoms with Crippen molar-refractivity contribution in [3.05, 3.63) is 12.3 Å². The van der Waals surface area contributed by atoms with Gasteiger partial charge in [0.05, 0.1) is 0 Å². The predicted octanol–water partition coefficient (Wildman–Crippen LogP) is 0.766. The molecule has 5 heteroatoms. The lowest BCUT2D eigenvalue weighted by Crippen LogP contribution is -2.30. The highest BCUT2D eigenvalue weighted by Gasteiger charge is 2.29. The number of nitrogens with one attached hydrogen (secondary N) is 1. The summed E-state index contributed by atoms with van der Waals surface area (Å²) in [5, 5.41) is 14.2. The van der Waals surface area contributed by atoms with E-state index >= 15 is 0 Å². The van der Waals surface area contributed by atoms with Crippen LogP contribution in [0.25, 0.3) is 0 Å². The van der Waals surface area contributed by atoms with Crippen LogP contribution >= 0.6 is 0 Å². The Kier molecular flexibility index (Phi) is 4.15. The molecule has 1 amide bonds. The molecular formula is C10H17N3O2. The Morgan fingerprint density at radius 1 is 1.67 bits per heavy atom. The van der Waals surface area contributed by atoms with Crippen LogP contribution in [0.3, 0.4) is 0 Å².